The third kappa shape index (κ3) is 3.24. The zero-order chi connectivity index (χ0) is 13.8. The van der Waals surface area contributed by atoms with Crippen molar-refractivity contribution in [2.24, 2.45) is 0 Å². The zero-order valence-corrected chi connectivity index (χ0v) is 11.8. The van der Waals surface area contributed by atoms with Crippen molar-refractivity contribution in [2.75, 3.05) is 7.05 Å². The molecule has 100 valence electrons. The monoisotopic (exact) mass is 298 g/mol. The standard InChI is InChI=1S/C14H13Cl2FN2/c1-18-12(14-11(16)6-3-7-19-14)8-9-4-2-5-10(15)13(9)17/h2-7,12,18H,8H2,1H3. The van der Waals surface area contributed by atoms with Crippen molar-refractivity contribution in [3.63, 3.8) is 0 Å². The van der Waals surface area contributed by atoms with Gasteiger partial charge in [0.2, 0.25) is 0 Å². The van der Waals surface area contributed by atoms with Crippen LogP contribution < -0.4 is 5.32 Å². The molecular weight excluding hydrogens is 286 g/mol. The molecule has 1 atom stereocenters. The number of nitrogens with zero attached hydrogens (tertiary/aromatic N) is 1. The van der Waals surface area contributed by atoms with Crippen LogP contribution in [0, 0.1) is 5.82 Å². The van der Waals surface area contributed by atoms with E-state index in [2.05, 4.69) is 10.3 Å². The first-order chi connectivity index (χ1) is 9.13. The van der Waals surface area contributed by atoms with E-state index in [1.165, 1.54) is 6.07 Å². The molecule has 0 amide bonds. The van der Waals surface area contributed by atoms with Crippen LogP contribution in [-0.2, 0) is 6.42 Å². The molecule has 19 heavy (non-hydrogen) atoms. The van der Waals surface area contributed by atoms with Gasteiger partial charge in [0, 0.05) is 6.20 Å². The highest BCUT2D eigenvalue weighted by molar-refractivity contribution is 6.31. The van der Waals surface area contributed by atoms with Crippen LogP contribution >= 0.6 is 23.2 Å². The van der Waals surface area contributed by atoms with Gasteiger partial charge in [-0.3, -0.25) is 4.98 Å². The van der Waals surface area contributed by atoms with E-state index in [0.29, 0.717) is 22.7 Å². The number of benzene rings is 1. The van der Waals surface area contributed by atoms with E-state index < -0.39 is 5.82 Å². The second-order valence-electron chi connectivity index (χ2n) is 4.13. The summed E-state index contributed by atoms with van der Waals surface area (Å²) in [7, 11) is 1.79. The van der Waals surface area contributed by atoms with E-state index in [-0.39, 0.29) is 11.1 Å². The van der Waals surface area contributed by atoms with Gasteiger partial charge < -0.3 is 5.32 Å². The van der Waals surface area contributed by atoms with Gasteiger partial charge in [-0.25, -0.2) is 4.39 Å². The summed E-state index contributed by atoms with van der Waals surface area (Å²) in [6.45, 7) is 0. The topological polar surface area (TPSA) is 24.9 Å². The molecule has 1 N–H and O–H groups in total. The van der Waals surface area contributed by atoms with Crippen molar-refractivity contribution >= 4 is 23.2 Å². The van der Waals surface area contributed by atoms with Crippen LogP contribution in [-0.4, -0.2) is 12.0 Å². The summed E-state index contributed by atoms with van der Waals surface area (Å²) in [5.41, 5.74) is 1.24. The minimum Gasteiger partial charge on any atom is -0.311 e. The van der Waals surface area contributed by atoms with Gasteiger partial charge in [0.05, 0.1) is 21.8 Å². The Morgan fingerprint density at radius 1 is 1.21 bits per heavy atom. The SMILES string of the molecule is CNC(Cc1cccc(Cl)c1F)c1ncccc1Cl. The van der Waals surface area contributed by atoms with Crippen LogP contribution in [0.2, 0.25) is 10.0 Å². The summed E-state index contributed by atoms with van der Waals surface area (Å²) in [6, 6.07) is 8.33. The Balaban J connectivity index is 2.30. The van der Waals surface area contributed by atoms with Crippen molar-refractivity contribution in [3.8, 4) is 0 Å². The summed E-state index contributed by atoms with van der Waals surface area (Å²) in [5.74, 6) is -0.392. The number of likely N-dealkylation sites (N-methyl/N-ethyl adjacent to an activating group) is 1. The van der Waals surface area contributed by atoms with Gasteiger partial charge >= 0.3 is 0 Å². The summed E-state index contributed by atoms with van der Waals surface area (Å²) >= 11 is 11.9. The third-order valence-electron chi connectivity index (χ3n) is 2.92. The van der Waals surface area contributed by atoms with E-state index in [1.807, 2.05) is 0 Å². The van der Waals surface area contributed by atoms with Crippen LogP contribution in [0.15, 0.2) is 36.5 Å². The molecule has 0 spiro atoms. The minimum absolute atomic E-state index is 0.125. The van der Waals surface area contributed by atoms with Gasteiger partial charge in [0.1, 0.15) is 5.82 Å². The van der Waals surface area contributed by atoms with E-state index >= 15 is 0 Å². The molecule has 0 fully saturated rings. The lowest BCUT2D eigenvalue weighted by Crippen LogP contribution is -2.21. The normalized spacial score (nSPS) is 12.4. The molecule has 1 heterocycles. The Hall–Kier alpha value is -1.16. The number of hydrogen-bond donors (Lipinski definition) is 1. The molecule has 0 aliphatic carbocycles. The average molecular weight is 299 g/mol. The molecule has 0 saturated carbocycles. The van der Waals surface area contributed by atoms with Crippen LogP contribution in [0.4, 0.5) is 4.39 Å². The number of halogens is 3. The smallest absolute Gasteiger partial charge is 0.145 e. The van der Waals surface area contributed by atoms with Gasteiger partial charge in [-0.15, -0.1) is 0 Å². The summed E-state index contributed by atoms with van der Waals surface area (Å²) in [6.07, 6.45) is 2.10. The van der Waals surface area contributed by atoms with Crippen molar-refractivity contribution in [1.82, 2.24) is 10.3 Å². The van der Waals surface area contributed by atoms with Gasteiger partial charge in [-0.05, 0) is 37.2 Å². The highest BCUT2D eigenvalue weighted by Crippen LogP contribution is 2.26. The third-order valence-corrected chi connectivity index (χ3v) is 3.53. The lowest BCUT2D eigenvalue weighted by molar-refractivity contribution is 0.545. The molecule has 0 saturated heterocycles. The first-order valence-corrected chi connectivity index (χ1v) is 6.59. The largest absolute Gasteiger partial charge is 0.311 e. The van der Waals surface area contributed by atoms with E-state index in [0.717, 1.165) is 0 Å². The molecule has 1 aromatic heterocycles. The maximum absolute atomic E-state index is 13.9. The first-order valence-electron chi connectivity index (χ1n) is 5.84. The number of nitrogens with one attached hydrogen (secondary N) is 1. The second kappa shape index (κ2) is 6.33. The molecule has 2 rings (SSSR count). The zero-order valence-electron chi connectivity index (χ0n) is 10.3. The molecule has 2 aromatic rings. The molecular formula is C14H13Cl2FN2. The minimum atomic E-state index is -0.392. The Morgan fingerprint density at radius 2 is 1.95 bits per heavy atom. The summed E-state index contributed by atoms with van der Waals surface area (Å²) in [5, 5.41) is 3.78. The number of aromatic nitrogens is 1. The highest BCUT2D eigenvalue weighted by Gasteiger charge is 2.17. The lowest BCUT2D eigenvalue weighted by Gasteiger charge is -2.17. The van der Waals surface area contributed by atoms with Crippen molar-refractivity contribution in [3.05, 3.63) is 63.6 Å². The first kappa shape index (κ1) is 14.3. The van der Waals surface area contributed by atoms with Gasteiger partial charge in [-0.2, -0.15) is 0 Å². The van der Waals surface area contributed by atoms with Gasteiger partial charge in [0.15, 0.2) is 0 Å². The lowest BCUT2D eigenvalue weighted by atomic mass is 10.0. The average Bonchev–Trinajstić information content (AvgIpc) is 2.41. The van der Waals surface area contributed by atoms with Gasteiger partial charge in [-0.1, -0.05) is 35.3 Å². The molecule has 0 radical (unpaired) electrons. The molecule has 1 unspecified atom stereocenters. The fourth-order valence-electron chi connectivity index (χ4n) is 1.92. The highest BCUT2D eigenvalue weighted by atomic mass is 35.5. The van der Waals surface area contributed by atoms with Crippen molar-refractivity contribution in [1.29, 1.82) is 0 Å². The van der Waals surface area contributed by atoms with Gasteiger partial charge in [0.25, 0.3) is 0 Å². The van der Waals surface area contributed by atoms with Crippen LogP contribution in [0.1, 0.15) is 17.3 Å². The Bertz CT molecular complexity index is 575. The fraction of sp³-hybridized carbons (Fsp3) is 0.214. The Morgan fingerprint density at radius 3 is 2.63 bits per heavy atom. The number of rotatable bonds is 4. The van der Waals surface area contributed by atoms with Crippen molar-refractivity contribution < 1.29 is 4.39 Å². The molecule has 2 nitrogen and oxygen atoms in total. The van der Waals surface area contributed by atoms with Crippen LogP contribution in [0.25, 0.3) is 0 Å². The maximum atomic E-state index is 13.9. The number of hydrogen-bond acceptors (Lipinski definition) is 2. The van der Waals surface area contributed by atoms with Crippen molar-refractivity contribution in [2.45, 2.75) is 12.5 Å². The Labute approximate surface area is 121 Å². The Kier molecular flexibility index (Phi) is 4.75. The van der Waals surface area contributed by atoms with Crippen LogP contribution in [0.3, 0.4) is 0 Å². The molecule has 0 aliphatic rings. The second-order valence-corrected chi connectivity index (χ2v) is 4.94. The molecule has 5 heteroatoms. The summed E-state index contributed by atoms with van der Waals surface area (Å²) < 4.78 is 13.9. The molecule has 0 bridgehead atoms. The van der Waals surface area contributed by atoms with Crippen LogP contribution in [0.5, 0.6) is 0 Å². The maximum Gasteiger partial charge on any atom is 0.145 e. The predicted molar refractivity (Wildman–Crippen MR) is 76.2 cm³/mol. The predicted octanol–water partition coefficient (Wildman–Crippen LogP) is 4.03. The number of pyridine rings is 1. The quantitative estimate of drug-likeness (QED) is 0.922. The summed E-state index contributed by atoms with van der Waals surface area (Å²) in [4.78, 5) is 4.25. The van der Waals surface area contributed by atoms with E-state index in [1.54, 1.807) is 37.5 Å². The van der Waals surface area contributed by atoms with E-state index in [9.17, 15) is 4.39 Å². The van der Waals surface area contributed by atoms with E-state index in [4.69, 9.17) is 23.2 Å². The molecule has 0 aliphatic heterocycles. The molecule has 1 aromatic carbocycles. The fourth-order valence-corrected chi connectivity index (χ4v) is 2.36.